The van der Waals surface area contributed by atoms with Gasteiger partial charge in [0.2, 0.25) is 5.91 Å². The van der Waals surface area contributed by atoms with Crippen LogP contribution in [0.5, 0.6) is 0 Å². The Morgan fingerprint density at radius 3 is 2.60 bits per heavy atom. The van der Waals surface area contributed by atoms with Crippen LogP contribution in [0, 0.1) is 0 Å². The number of halogens is 1. The second-order valence-corrected chi connectivity index (χ2v) is 4.72. The molecule has 3 amide bonds. The number of hydrogen-bond donors (Lipinski definition) is 2. The van der Waals surface area contributed by atoms with Crippen LogP contribution in [0.4, 0.5) is 4.79 Å². The van der Waals surface area contributed by atoms with Crippen molar-refractivity contribution in [3.05, 3.63) is 0 Å². The molecule has 1 aliphatic heterocycles. The van der Waals surface area contributed by atoms with Crippen molar-refractivity contribution in [2.75, 3.05) is 6.54 Å². The van der Waals surface area contributed by atoms with Gasteiger partial charge in [0.05, 0.1) is 0 Å². The summed E-state index contributed by atoms with van der Waals surface area (Å²) in [5.74, 6) is -0.225. The van der Waals surface area contributed by atoms with Gasteiger partial charge < -0.3 is 5.32 Å². The zero-order valence-corrected chi connectivity index (χ0v) is 7.56. The smallest absolute Gasteiger partial charge is 0.321 e. The first-order valence-electron chi connectivity index (χ1n) is 2.80. The first-order valence-corrected chi connectivity index (χ1v) is 3.88. The molecule has 1 atom stereocenters. The van der Waals surface area contributed by atoms with Gasteiger partial charge in [0.1, 0.15) is 3.42 Å². The van der Waals surface area contributed by atoms with Crippen LogP contribution in [-0.4, -0.2) is 21.9 Å². The Bertz CT molecular complexity index is 190. The molecule has 0 aromatic carbocycles. The third-order valence-corrected chi connectivity index (χ3v) is 2.15. The van der Waals surface area contributed by atoms with Crippen LogP contribution in [0.2, 0.25) is 0 Å². The Hall–Kier alpha value is -0.330. The molecular weight excluding hydrogens is 247 g/mol. The van der Waals surface area contributed by atoms with Gasteiger partial charge >= 0.3 is 6.03 Å². The minimum Gasteiger partial charge on any atom is -0.336 e. The zero-order chi connectivity index (χ0) is 7.78. The number of urea groups is 1. The molecule has 4 nitrogen and oxygen atoms in total. The molecule has 1 saturated heterocycles. The summed E-state index contributed by atoms with van der Waals surface area (Å²) in [5, 5.41) is 4.70. The van der Waals surface area contributed by atoms with E-state index < -0.39 is 9.45 Å². The molecular formula is C5H7IN2O2. The number of hydrogen-bond acceptors (Lipinski definition) is 2. The number of carbonyl (C=O) groups excluding carboxylic acids is 2. The van der Waals surface area contributed by atoms with E-state index >= 15 is 0 Å². The highest BCUT2D eigenvalue weighted by atomic mass is 127. The van der Waals surface area contributed by atoms with E-state index in [0.717, 1.165) is 0 Å². The summed E-state index contributed by atoms with van der Waals surface area (Å²) in [6.45, 7) is 2.17. The highest BCUT2D eigenvalue weighted by Crippen LogP contribution is 2.18. The molecule has 0 radical (unpaired) electrons. The average molecular weight is 254 g/mol. The molecule has 1 rings (SSSR count). The van der Waals surface area contributed by atoms with Crippen molar-refractivity contribution in [3.8, 4) is 0 Å². The van der Waals surface area contributed by atoms with Gasteiger partial charge in [-0.05, 0) is 6.92 Å². The Labute approximate surface area is 71.9 Å². The van der Waals surface area contributed by atoms with Gasteiger partial charge in [-0.15, -0.1) is 0 Å². The van der Waals surface area contributed by atoms with E-state index in [-0.39, 0.29) is 5.91 Å². The predicted octanol–water partition coefficient (Wildman–Crippen LogP) is 0.0195. The Balaban J connectivity index is 2.70. The fraction of sp³-hybridized carbons (Fsp3) is 0.600. The normalized spacial score (nSPS) is 33.0. The Morgan fingerprint density at radius 2 is 2.20 bits per heavy atom. The topological polar surface area (TPSA) is 58.2 Å². The van der Waals surface area contributed by atoms with Crippen LogP contribution >= 0.6 is 22.6 Å². The van der Waals surface area contributed by atoms with Crippen LogP contribution in [0.25, 0.3) is 0 Å². The fourth-order valence-electron chi connectivity index (χ4n) is 0.604. The first kappa shape index (κ1) is 7.77. The Kier molecular flexibility index (Phi) is 1.84. The molecule has 56 valence electrons. The summed E-state index contributed by atoms with van der Waals surface area (Å²) < 4.78 is -0.494. The monoisotopic (exact) mass is 254 g/mol. The van der Waals surface area contributed by atoms with Crippen molar-refractivity contribution >= 4 is 34.5 Å². The van der Waals surface area contributed by atoms with Gasteiger partial charge in [-0.25, -0.2) is 4.79 Å². The highest BCUT2D eigenvalue weighted by Gasteiger charge is 2.35. The van der Waals surface area contributed by atoms with Crippen LogP contribution < -0.4 is 10.6 Å². The lowest BCUT2D eigenvalue weighted by Gasteiger charge is -2.26. The van der Waals surface area contributed by atoms with E-state index in [1.54, 1.807) is 6.92 Å². The van der Waals surface area contributed by atoms with Crippen LogP contribution in [0.15, 0.2) is 0 Å². The lowest BCUT2D eigenvalue weighted by Crippen LogP contribution is -2.58. The number of amides is 3. The molecule has 0 aromatic heterocycles. The number of rotatable bonds is 0. The number of alkyl halides is 1. The average Bonchev–Trinajstić information content (AvgIpc) is 1.81. The van der Waals surface area contributed by atoms with E-state index in [1.165, 1.54) is 0 Å². The minimum absolute atomic E-state index is 0.225. The van der Waals surface area contributed by atoms with Crippen LogP contribution in [0.3, 0.4) is 0 Å². The van der Waals surface area contributed by atoms with Crippen molar-refractivity contribution in [3.63, 3.8) is 0 Å². The molecule has 10 heavy (non-hydrogen) atoms. The van der Waals surface area contributed by atoms with Gasteiger partial charge in [-0.2, -0.15) is 0 Å². The second-order valence-electron chi connectivity index (χ2n) is 2.33. The lowest BCUT2D eigenvalue weighted by molar-refractivity contribution is -0.122. The molecule has 0 bridgehead atoms. The van der Waals surface area contributed by atoms with E-state index in [1.807, 2.05) is 22.6 Å². The predicted molar refractivity (Wildman–Crippen MR) is 44.0 cm³/mol. The maximum absolute atomic E-state index is 10.9. The molecule has 2 N–H and O–H groups in total. The Morgan fingerprint density at radius 1 is 1.60 bits per heavy atom. The number of nitrogens with one attached hydrogen (secondary N) is 2. The summed E-state index contributed by atoms with van der Waals surface area (Å²) >= 11 is 2.00. The van der Waals surface area contributed by atoms with Crippen LogP contribution in [-0.2, 0) is 4.79 Å². The van der Waals surface area contributed by atoms with Gasteiger partial charge in [0.25, 0.3) is 0 Å². The van der Waals surface area contributed by atoms with Gasteiger partial charge in [-0.1, -0.05) is 22.6 Å². The quantitative estimate of drug-likeness (QED) is 0.473. The number of carbonyl (C=O) groups is 2. The zero-order valence-electron chi connectivity index (χ0n) is 5.40. The summed E-state index contributed by atoms with van der Waals surface area (Å²) in [4.78, 5) is 21.5. The third kappa shape index (κ3) is 1.39. The molecule has 0 aromatic rings. The van der Waals surface area contributed by atoms with E-state index in [2.05, 4.69) is 10.6 Å². The summed E-state index contributed by atoms with van der Waals surface area (Å²) in [6.07, 6.45) is 0. The molecule has 0 aliphatic carbocycles. The van der Waals surface area contributed by atoms with Crippen LogP contribution in [0.1, 0.15) is 6.92 Å². The largest absolute Gasteiger partial charge is 0.336 e. The number of imide groups is 1. The molecule has 1 aliphatic rings. The first-order chi connectivity index (χ1) is 4.52. The van der Waals surface area contributed by atoms with Crippen molar-refractivity contribution in [1.29, 1.82) is 0 Å². The fourth-order valence-corrected chi connectivity index (χ4v) is 0.930. The maximum Gasteiger partial charge on any atom is 0.321 e. The third-order valence-electron chi connectivity index (χ3n) is 1.28. The summed E-state index contributed by atoms with van der Waals surface area (Å²) in [5.41, 5.74) is 0. The van der Waals surface area contributed by atoms with Crippen molar-refractivity contribution < 1.29 is 9.59 Å². The SMILES string of the molecule is CC1(I)CNC(=O)NC1=O. The second kappa shape index (κ2) is 2.37. The van der Waals surface area contributed by atoms with E-state index in [0.29, 0.717) is 6.54 Å². The lowest BCUT2D eigenvalue weighted by atomic mass is 10.1. The van der Waals surface area contributed by atoms with E-state index in [9.17, 15) is 9.59 Å². The molecule has 1 fully saturated rings. The van der Waals surface area contributed by atoms with Crippen molar-refractivity contribution in [1.82, 2.24) is 10.6 Å². The minimum atomic E-state index is -0.494. The van der Waals surface area contributed by atoms with Gasteiger partial charge in [0.15, 0.2) is 0 Å². The highest BCUT2D eigenvalue weighted by molar-refractivity contribution is 14.1. The maximum atomic E-state index is 10.9. The standard InChI is InChI=1S/C5H7IN2O2/c1-5(6)2-7-4(10)8-3(5)9/h2H2,1H3,(H2,7,8,9,10). The van der Waals surface area contributed by atoms with Gasteiger partial charge in [-0.3, -0.25) is 10.1 Å². The van der Waals surface area contributed by atoms with Crippen molar-refractivity contribution in [2.45, 2.75) is 10.3 Å². The summed E-state index contributed by atoms with van der Waals surface area (Å²) in [7, 11) is 0. The molecule has 1 heterocycles. The van der Waals surface area contributed by atoms with E-state index in [4.69, 9.17) is 0 Å². The summed E-state index contributed by atoms with van der Waals surface area (Å²) in [6, 6.07) is -0.404. The molecule has 5 heteroatoms. The molecule has 0 spiro atoms. The molecule has 0 saturated carbocycles. The van der Waals surface area contributed by atoms with Gasteiger partial charge in [0, 0.05) is 6.54 Å². The molecule has 1 unspecified atom stereocenters. The van der Waals surface area contributed by atoms with Crippen molar-refractivity contribution in [2.24, 2.45) is 0 Å².